The topological polar surface area (TPSA) is 95.3 Å². The molecule has 8 heteroatoms. The molecule has 0 fully saturated rings. The number of aromatic hydroxyl groups is 1. The molecular weight excluding hydrogens is 396 g/mol. The molecule has 3 N–H and O–H groups in total. The van der Waals surface area contributed by atoms with E-state index in [1.807, 2.05) is 22.9 Å². The molecule has 3 aromatic rings. The lowest BCUT2D eigenvalue weighted by Gasteiger charge is -2.39. The molecule has 0 aliphatic carbocycles. The lowest BCUT2D eigenvalue weighted by Crippen LogP contribution is -2.42. The maximum Gasteiger partial charge on any atom is 0.268 e. The van der Waals surface area contributed by atoms with Crippen LogP contribution in [-0.2, 0) is 11.0 Å². The number of primary amides is 1. The van der Waals surface area contributed by atoms with Crippen molar-refractivity contribution in [3.8, 4) is 5.75 Å². The third kappa shape index (κ3) is 4.76. The van der Waals surface area contributed by atoms with Gasteiger partial charge in [-0.3, -0.25) is 4.79 Å². The van der Waals surface area contributed by atoms with E-state index in [4.69, 9.17) is 10.2 Å². The summed E-state index contributed by atoms with van der Waals surface area (Å²) in [7, 11) is -2.03. The number of benzene rings is 1. The number of carbonyl (C=O) groups is 1. The molecule has 2 aromatic heterocycles. The number of fused-ring (bicyclic) bond motifs is 1. The first-order chi connectivity index (χ1) is 14.0. The number of nitrogens with zero attached hydrogens (tertiary/aromatic N) is 3. The first-order valence-electron chi connectivity index (χ1n) is 10.3. The van der Waals surface area contributed by atoms with Crippen molar-refractivity contribution < 1.29 is 14.3 Å². The van der Waals surface area contributed by atoms with Crippen LogP contribution in [0.2, 0.25) is 18.1 Å². The average molecular weight is 429 g/mol. The van der Waals surface area contributed by atoms with E-state index in [1.165, 1.54) is 0 Å². The molecule has 30 heavy (non-hydrogen) atoms. The van der Waals surface area contributed by atoms with Gasteiger partial charge in [-0.2, -0.15) is 0 Å². The minimum atomic E-state index is -2.03. The van der Waals surface area contributed by atoms with Crippen LogP contribution in [0.1, 0.15) is 50.3 Å². The van der Waals surface area contributed by atoms with Gasteiger partial charge >= 0.3 is 0 Å². The summed E-state index contributed by atoms with van der Waals surface area (Å²) in [4.78, 5) is 15.6. The van der Waals surface area contributed by atoms with E-state index in [0.717, 1.165) is 30.3 Å². The van der Waals surface area contributed by atoms with Gasteiger partial charge in [-0.1, -0.05) is 20.8 Å². The Morgan fingerprint density at radius 3 is 2.67 bits per heavy atom. The second-order valence-electron chi connectivity index (χ2n) is 9.30. The first kappa shape index (κ1) is 22.1. The van der Waals surface area contributed by atoms with E-state index in [0.29, 0.717) is 0 Å². The summed E-state index contributed by atoms with van der Waals surface area (Å²) in [5.74, 6) is -0.268. The van der Waals surface area contributed by atoms with Crippen molar-refractivity contribution in [2.24, 2.45) is 5.73 Å². The molecule has 0 saturated carbocycles. The molecule has 0 saturated heterocycles. The van der Waals surface area contributed by atoms with Crippen molar-refractivity contribution in [1.82, 2.24) is 14.1 Å². The Bertz CT molecular complexity index is 1030. The van der Waals surface area contributed by atoms with Gasteiger partial charge in [-0.25, -0.2) is 4.98 Å². The number of rotatable bonds is 8. The number of hydrogen-bond donors (Lipinski definition) is 2. The second kappa shape index (κ2) is 8.27. The quantitative estimate of drug-likeness (QED) is 0.511. The van der Waals surface area contributed by atoms with Gasteiger partial charge in [-0.05, 0) is 55.2 Å². The predicted molar refractivity (Wildman–Crippen MR) is 121 cm³/mol. The van der Waals surface area contributed by atoms with Gasteiger partial charge in [0.15, 0.2) is 8.32 Å². The van der Waals surface area contributed by atoms with Crippen LogP contribution in [0.25, 0.3) is 10.9 Å². The number of imidazole rings is 1. The number of carbonyl (C=O) groups excluding carboxylic acids is 1. The summed E-state index contributed by atoms with van der Waals surface area (Å²) in [6.45, 7) is 11.9. The highest BCUT2D eigenvalue weighted by Gasteiger charge is 2.39. The van der Waals surface area contributed by atoms with Crippen molar-refractivity contribution in [3.05, 3.63) is 48.7 Å². The van der Waals surface area contributed by atoms with Crippen molar-refractivity contribution in [3.63, 3.8) is 0 Å². The molecule has 7 nitrogen and oxygen atoms in total. The van der Waals surface area contributed by atoms with Crippen LogP contribution in [0.15, 0.2) is 43.0 Å². The largest absolute Gasteiger partial charge is 0.508 e. The van der Waals surface area contributed by atoms with E-state index in [-0.39, 0.29) is 22.7 Å². The fourth-order valence-corrected chi connectivity index (χ4v) is 4.50. The normalized spacial score (nSPS) is 13.6. The molecular formula is C22H32N4O3Si. The van der Waals surface area contributed by atoms with Gasteiger partial charge in [0, 0.05) is 29.8 Å². The standard InChI is InChI=1S/C22H32N4O3Si/c1-22(2,3)30(4,5)29-20(26-14-18(21(23)28)24-15-26)7-6-11-25-12-10-16-13-17(27)8-9-19(16)25/h8-10,12-15,20,27H,6-7,11H2,1-5H3,(H2,23,28). The van der Waals surface area contributed by atoms with Gasteiger partial charge in [0.2, 0.25) is 0 Å². The zero-order valence-corrected chi connectivity index (χ0v) is 19.4. The second-order valence-corrected chi connectivity index (χ2v) is 14.1. The summed E-state index contributed by atoms with van der Waals surface area (Å²) in [6.07, 6.45) is 6.79. The van der Waals surface area contributed by atoms with Crippen molar-refractivity contribution in [2.75, 3.05) is 0 Å². The third-order valence-corrected chi connectivity index (χ3v) is 10.5. The molecule has 0 radical (unpaired) electrons. The predicted octanol–water partition coefficient (Wildman–Crippen LogP) is 4.64. The zero-order valence-electron chi connectivity index (χ0n) is 18.4. The summed E-state index contributed by atoms with van der Waals surface area (Å²) >= 11 is 0. The SMILES string of the molecule is CC(C)(C)[Si](C)(C)OC(CCCn1ccc2cc(O)ccc21)n1cnc(C(N)=O)c1. The molecule has 0 aliphatic heterocycles. The van der Waals surface area contributed by atoms with E-state index in [9.17, 15) is 9.90 Å². The Morgan fingerprint density at radius 2 is 2.03 bits per heavy atom. The van der Waals surface area contributed by atoms with Gasteiger partial charge in [0.1, 0.15) is 17.7 Å². The molecule has 1 unspecified atom stereocenters. The molecule has 1 atom stereocenters. The highest BCUT2D eigenvalue weighted by molar-refractivity contribution is 6.74. The fraction of sp³-hybridized carbons (Fsp3) is 0.455. The molecule has 1 aromatic carbocycles. The fourth-order valence-electron chi connectivity index (χ4n) is 3.23. The monoisotopic (exact) mass is 428 g/mol. The van der Waals surface area contributed by atoms with Gasteiger partial charge < -0.3 is 24.4 Å². The van der Waals surface area contributed by atoms with Crippen molar-refractivity contribution >= 4 is 25.1 Å². The van der Waals surface area contributed by atoms with Crippen LogP contribution < -0.4 is 5.73 Å². The molecule has 0 bridgehead atoms. The number of aromatic nitrogens is 3. The summed E-state index contributed by atoms with van der Waals surface area (Å²) in [5.41, 5.74) is 6.72. The lowest BCUT2D eigenvalue weighted by atomic mass is 10.2. The Labute approximate surface area is 178 Å². The van der Waals surface area contributed by atoms with E-state index in [2.05, 4.69) is 43.4 Å². The Balaban J connectivity index is 1.76. The van der Waals surface area contributed by atoms with E-state index in [1.54, 1.807) is 24.7 Å². The molecule has 2 heterocycles. The Hall–Kier alpha value is -2.58. The maximum absolute atomic E-state index is 11.5. The molecule has 0 spiro atoms. The average Bonchev–Trinajstić information content (AvgIpc) is 3.27. The number of phenolic OH excluding ortho intramolecular Hbond substituents is 1. The molecule has 1 amide bonds. The number of phenols is 1. The van der Waals surface area contributed by atoms with Gasteiger partial charge in [0.05, 0.1) is 6.33 Å². The molecule has 0 aliphatic rings. The van der Waals surface area contributed by atoms with Crippen molar-refractivity contribution in [2.45, 2.75) is 64.5 Å². The maximum atomic E-state index is 11.5. The Kier molecular flexibility index (Phi) is 6.10. The Morgan fingerprint density at radius 1 is 1.30 bits per heavy atom. The number of nitrogens with two attached hydrogens (primary N) is 1. The van der Waals surface area contributed by atoms with Gasteiger partial charge in [0.25, 0.3) is 5.91 Å². The smallest absolute Gasteiger partial charge is 0.268 e. The van der Waals surface area contributed by atoms with Crippen LogP contribution in [0, 0.1) is 0 Å². The van der Waals surface area contributed by atoms with Crippen LogP contribution >= 0.6 is 0 Å². The summed E-state index contributed by atoms with van der Waals surface area (Å²) in [5, 5.41) is 10.8. The number of hydrogen-bond acceptors (Lipinski definition) is 4. The van der Waals surface area contributed by atoms with Crippen LogP contribution in [0.3, 0.4) is 0 Å². The molecule has 162 valence electrons. The highest BCUT2D eigenvalue weighted by Crippen LogP contribution is 2.39. The minimum absolute atomic E-state index is 0.0664. The number of aryl methyl sites for hydroxylation is 1. The summed E-state index contributed by atoms with van der Waals surface area (Å²) < 4.78 is 10.7. The first-order valence-corrected chi connectivity index (χ1v) is 13.2. The zero-order chi connectivity index (χ0) is 22.1. The minimum Gasteiger partial charge on any atom is -0.508 e. The van der Waals surface area contributed by atoms with Gasteiger partial charge in [-0.15, -0.1) is 0 Å². The van der Waals surface area contributed by atoms with Crippen LogP contribution in [-0.4, -0.2) is 33.4 Å². The van der Waals surface area contributed by atoms with E-state index < -0.39 is 14.2 Å². The molecule has 3 rings (SSSR count). The van der Waals surface area contributed by atoms with E-state index >= 15 is 0 Å². The van der Waals surface area contributed by atoms with Crippen LogP contribution in [0.4, 0.5) is 0 Å². The highest BCUT2D eigenvalue weighted by atomic mass is 28.4. The lowest BCUT2D eigenvalue weighted by molar-refractivity contribution is 0.0984. The third-order valence-electron chi connectivity index (χ3n) is 6.03. The number of amides is 1. The van der Waals surface area contributed by atoms with Crippen LogP contribution in [0.5, 0.6) is 5.75 Å². The summed E-state index contributed by atoms with van der Waals surface area (Å²) in [6, 6.07) is 7.42. The van der Waals surface area contributed by atoms with Crippen molar-refractivity contribution in [1.29, 1.82) is 0 Å².